The largest absolute Gasteiger partial charge is 0.446 e. The van der Waals surface area contributed by atoms with Gasteiger partial charge in [0.05, 0.1) is 35.5 Å². The molecule has 0 aliphatic carbocycles. The first kappa shape index (κ1) is 35.8. The zero-order valence-electron chi connectivity index (χ0n) is 25.9. The van der Waals surface area contributed by atoms with Gasteiger partial charge in [0.25, 0.3) is 5.95 Å². The highest BCUT2D eigenvalue weighted by Gasteiger charge is 2.40. The van der Waals surface area contributed by atoms with Gasteiger partial charge >= 0.3 is 24.6 Å². The lowest BCUT2D eigenvalue weighted by atomic mass is 9.93. The van der Waals surface area contributed by atoms with Crippen LogP contribution in [0.4, 0.5) is 55.9 Å². The minimum Gasteiger partial charge on any atom is -0.446 e. The Morgan fingerprint density at radius 2 is 1.55 bits per heavy atom. The molecule has 1 atom stereocenters. The Morgan fingerprint density at radius 3 is 2.04 bits per heavy atom. The second kappa shape index (κ2) is 13.6. The van der Waals surface area contributed by atoms with Gasteiger partial charge in [0.1, 0.15) is 6.10 Å². The minimum atomic E-state index is -5.11. The number of ether oxygens (including phenoxy) is 1. The smallest absolute Gasteiger partial charge is 0.416 e. The van der Waals surface area contributed by atoms with Crippen molar-refractivity contribution in [2.45, 2.75) is 90.1 Å². The molecular weight excluding hydrogens is 647 g/mol. The number of aromatic nitrogens is 4. The number of carbonyl (C=O) groups is 1. The van der Waals surface area contributed by atoms with Crippen LogP contribution >= 0.6 is 0 Å². The topological polar surface area (TPSA) is 76.4 Å². The Morgan fingerprint density at radius 1 is 0.936 bits per heavy atom. The van der Waals surface area contributed by atoms with Gasteiger partial charge < -0.3 is 9.64 Å². The standard InChI is InChI=1S/C30H33F9N6O2/c1-5-18-13-22-24(9-8-10-44(27(46)47-21(6-2)7-3)25(22)15-23(18)30(37,38)39)45(26-40-42-43(4)41-26)16-17-11-19(28(31,32)33)14-20(12-17)29(34,35)36/h11-15,21,24H,5-10,16H2,1-4H3/t24-/m0/s1. The van der Waals surface area contributed by atoms with Gasteiger partial charge in [-0.1, -0.05) is 31.9 Å². The quantitative estimate of drug-likeness (QED) is 0.222. The number of benzene rings is 2. The van der Waals surface area contributed by atoms with E-state index < -0.39 is 65.6 Å². The fourth-order valence-corrected chi connectivity index (χ4v) is 5.62. The van der Waals surface area contributed by atoms with Crippen molar-refractivity contribution in [3.05, 3.63) is 63.7 Å². The van der Waals surface area contributed by atoms with Crippen molar-refractivity contribution in [1.29, 1.82) is 0 Å². The molecule has 1 aliphatic rings. The van der Waals surface area contributed by atoms with Crippen molar-refractivity contribution in [2.24, 2.45) is 7.05 Å². The van der Waals surface area contributed by atoms with Gasteiger partial charge in [-0.3, -0.25) is 4.90 Å². The number of alkyl halides is 9. The predicted molar refractivity (Wildman–Crippen MR) is 152 cm³/mol. The van der Waals surface area contributed by atoms with Crippen LogP contribution in [-0.4, -0.2) is 38.9 Å². The third-order valence-corrected chi connectivity index (χ3v) is 7.98. The lowest BCUT2D eigenvalue weighted by Crippen LogP contribution is -2.35. The number of tetrazole rings is 1. The average Bonchev–Trinajstić information content (AvgIpc) is 3.33. The molecule has 0 saturated carbocycles. The number of aryl methyl sites for hydroxylation is 2. The van der Waals surface area contributed by atoms with E-state index in [1.54, 1.807) is 13.8 Å². The summed E-state index contributed by atoms with van der Waals surface area (Å²) >= 11 is 0. The first-order chi connectivity index (χ1) is 21.9. The molecule has 0 unspecified atom stereocenters. The van der Waals surface area contributed by atoms with Crippen LogP contribution in [0, 0.1) is 0 Å². The number of carbonyl (C=O) groups excluding carboxylic acids is 1. The third kappa shape index (κ3) is 8.09. The van der Waals surface area contributed by atoms with E-state index in [9.17, 15) is 44.3 Å². The SMILES string of the molecule is CCc1cc2c(cc1C(F)(F)F)N(C(=O)OC(CC)CC)CCC[C@@H]2N(Cc1cc(C(F)(F)F)cc(C(F)(F)F)c1)c1nnn(C)n1. The van der Waals surface area contributed by atoms with Crippen LogP contribution in [0.2, 0.25) is 0 Å². The highest BCUT2D eigenvalue weighted by molar-refractivity contribution is 5.89. The number of nitrogens with zero attached hydrogens (tertiary/aromatic N) is 6. The van der Waals surface area contributed by atoms with Crippen LogP contribution in [0.5, 0.6) is 0 Å². The Balaban J connectivity index is 1.94. The number of rotatable bonds is 8. The molecule has 0 radical (unpaired) electrons. The summed E-state index contributed by atoms with van der Waals surface area (Å²) < 4.78 is 131. The second-order valence-corrected chi connectivity index (χ2v) is 11.2. The van der Waals surface area contributed by atoms with E-state index in [0.717, 1.165) is 15.8 Å². The highest BCUT2D eigenvalue weighted by atomic mass is 19.4. The van der Waals surface area contributed by atoms with E-state index in [4.69, 9.17) is 4.74 Å². The monoisotopic (exact) mass is 680 g/mol. The first-order valence-corrected chi connectivity index (χ1v) is 14.9. The molecule has 258 valence electrons. The van der Waals surface area contributed by atoms with Crippen molar-refractivity contribution in [1.82, 2.24) is 20.2 Å². The Hall–Kier alpha value is -4.05. The number of hydrogen-bond acceptors (Lipinski definition) is 6. The third-order valence-electron chi connectivity index (χ3n) is 7.98. The number of anilines is 2. The maximum Gasteiger partial charge on any atom is 0.416 e. The molecular formula is C30H33F9N6O2. The molecule has 0 bridgehead atoms. The van der Waals surface area contributed by atoms with E-state index >= 15 is 0 Å². The van der Waals surface area contributed by atoms with E-state index in [1.165, 1.54) is 24.9 Å². The number of fused-ring (bicyclic) bond motifs is 1. The normalized spacial score (nSPS) is 15.9. The summed E-state index contributed by atoms with van der Waals surface area (Å²) in [5, 5.41) is 11.8. The van der Waals surface area contributed by atoms with E-state index in [2.05, 4.69) is 15.4 Å². The molecule has 2 aromatic carbocycles. The Kier molecular flexibility index (Phi) is 10.3. The fourth-order valence-electron chi connectivity index (χ4n) is 5.62. The first-order valence-electron chi connectivity index (χ1n) is 14.9. The van der Waals surface area contributed by atoms with Gasteiger partial charge in [-0.25, -0.2) is 4.79 Å². The summed E-state index contributed by atoms with van der Waals surface area (Å²) in [6, 6.07) is 2.25. The fraction of sp³-hybridized carbons (Fsp3) is 0.533. The maximum atomic E-state index is 14.3. The number of hydrogen-bond donors (Lipinski definition) is 0. The summed E-state index contributed by atoms with van der Waals surface area (Å²) in [5.41, 5.74) is -4.56. The Bertz CT molecular complexity index is 1530. The molecule has 1 amide bonds. The molecule has 47 heavy (non-hydrogen) atoms. The molecule has 17 heteroatoms. The van der Waals surface area contributed by atoms with Gasteiger partial charge in [-0.15, -0.1) is 5.10 Å². The zero-order valence-corrected chi connectivity index (χ0v) is 25.9. The van der Waals surface area contributed by atoms with Crippen molar-refractivity contribution in [3.63, 3.8) is 0 Å². The van der Waals surface area contributed by atoms with Crippen molar-refractivity contribution >= 4 is 17.7 Å². The van der Waals surface area contributed by atoms with Gasteiger partial charge in [-0.05, 0) is 78.3 Å². The van der Waals surface area contributed by atoms with E-state index in [0.29, 0.717) is 25.0 Å². The molecule has 8 nitrogen and oxygen atoms in total. The summed E-state index contributed by atoms with van der Waals surface area (Å²) in [4.78, 5) is 16.8. The van der Waals surface area contributed by atoms with Crippen molar-refractivity contribution in [3.8, 4) is 0 Å². The van der Waals surface area contributed by atoms with E-state index in [1.807, 2.05) is 0 Å². The summed E-state index contributed by atoms with van der Waals surface area (Å²) in [6.07, 6.45) is -15.3. The number of halogens is 9. The summed E-state index contributed by atoms with van der Waals surface area (Å²) in [5.74, 6) is -0.194. The van der Waals surface area contributed by atoms with Gasteiger partial charge in [-0.2, -0.15) is 44.3 Å². The summed E-state index contributed by atoms with van der Waals surface area (Å²) in [6.45, 7) is 4.39. The molecule has 0 N–H and O–H groups in total. The van der Waals surface area contributed by atoms with Gasteiger partial charge in [0.15, 0.2) is 0 Å². The minimum absolute atomic E-state index is 0.00487. The lowest BCUT2D eigenvalue weighted by molar-refractivity contribution is -0.143. The van der Waals surface area contributed by atoms with Crippen LogP contribution < -0.4 is 9.80 Å². The predicted octanol–water partition coefficient (Wildman–Crippen LogP) is 8.50. The molecule has 3 aromatic rings. The van der Waals surface area contributed by atoms with Crippen molar-refractivity contribution in [2.75, 3.05) is 16.3 Å². The molecule has 0 spiro atoms. The highest BCUT2D eigenvalue weighted by Crippen LogP contribution is 2.45. The van der Waals surface area contributed by atoms with E-state index in [-0.39, 0.29) is 54.6 Å². The second-order valence-electron chi connectivity index (χ2n) is 11.2. The average molecular weight is 681 g/mol. The van der Waals surface area contributed by atoms with Gasteiger partial charge in [0, 0.05) is 13.1 Å². The van der Waals surface area contributed by atoms with Gasteiger partial charge in [0.2, 0.25) is 0 Å². The Labute approximate surface area is 264 Å². The molecule has 1 aromatic heterocycles. The molecule has 0 saturated heterocycles. The van der Waals surface area contributed by atoms with Crippen LogP contribution in [0.25, 0.3) is 0 Å². The number of amides is 1. The van der Waals surface area contributed by atoms with Crippen LogP contribution in [0.3, 0.4) is 0 Å². The molecule has 4 rings (SSSR count). The lowest BCUT2D eigenvalue weighted by Gasteiger charge is -2.33. The van der Waals surface area contributed by atoms with Crippen LogP contribution in [0.1, 0.15) is 85.9 Å². The molecule has 0 fully saturated rings. The van der Waals surface area contributed by atoms with Crippen LogP contribution in [-0.2, 0) is 43.3 Å². The van der Waals surface area contributed by atoms with Crippen LogP contribution in [0.15, 0.2) is 30.3 Å². The zero-order chi connectivity index (χ0) is 34.9. The molecule has 2 heterocycles. The van der Waals surface area contributed by atoms with Crippen molar-refractivity contribution < 1.29 is 49.0 Å². The summed E-state index contributed by atoms with van der Waals surface area (Å²) in [7, 11) is 1.39. The maximum absolute atomic E-state index is 14.3. The molecule has 1 aliphatic heterocycles.